The van der Waals surface area contributed by atoms with Crippen molar-refractivity contribution in [1.82, 2.24) is 4.98 Å². The SMILES string of the molecule is C=CCC1(CC=C)c2ccccc2-c2cncc3cccc1c23. The van der Waals surface area contributed by atoms with Crippen LogP contribution < -0.4 is 0 Å². The molecule has 0 radical (unpaired) electrons. The average molecular weight is 297 g/mol. The van der Waals surface area contributed by atoms with Crippen molar-refractivity contribution in [2.24, 2.45) is 0 Å². The van der Waals surface area contributed by atoms with Gasteiger partial charge in [0.25, 0.3) is 0 Å². The molecule has 0 bridgehead atoms. The molecular weight excluding hydrogens is 278 g/mol. The maximum absolute atomic E-state index is 4.46. The normalized spacial score (nSPS) is 14.3. The van der Waals surface area contributed by atoms with Gasteiger partial charge in [-0.15, -0.1) is 13.2 Å². The van der Waals surface area contributed by atoms with Gasteiger partial charge < -0.3 is 0 Å². The topological polar surface area (TPSA) is 12.9 Å². The summed E-state index contributed by atoms with van der Waals surface area (Å²) in [7, 11) is 0. The molecule has 23 heavy (non-hydrogen) atoms. The monoisotopic (exact) mass is 297 g/mol. The van der Waals surface area contributed by atoms with Gasteiger partial charge >= 0.3 is 0 Å². The summed E-state index contributed by atoms with van der Waals surface area (Å²) in [6.07, 6.45) is 9.82. The Labute approximate surface area is 137 Å². The Morgan fingerprint density at radius 3 is 2.35 bits per heavy atom. The molecule has 1 aliphatic rings. The summed E-state index contributed by atoms with van der Waals surface area (Å²) in [6.45, 7) is 8.06. The fourth-order valence-corrected chi connectivity index (χ4v) is 4.13. The molecule has 1 aromatic heterocycles. The van der Waals surface area contributed by atoms with Gasteiger partial charge in [0.05, 0.1) is 0 Å². The molecule has 0 unspecified atom stereocenters. The number of rotatable bonds is 4. The highest BCUT2D eigenvalue weighted by Crippen LogP contribution is 2.51. The number of pyridine rings is 1. The van der Waals surface area contributed by atoms with Crippen molar-refractivity contribution in [3.05, 3.63) is 91.3 Å². The van der Waals surface area contributed by atoms with Crippen LogP contribution in [0.4, 0.5) is 0 Å². The fraction of sp³-hybridized carbons (Fsp3) is 0.136. The Morgan fingerprint density at radius 1 is 0.826 bits per heavy atom. The van der Waals surface area contributed by atoms with Crippen molar-refractivity contribution in [2.75, 3.05) is 0 Å². The van der Waals surface area contributed by atoms with Gasteiger partial charge in [-0.2, -0.15) is 0 Å². The Balaban J connectivity index is 2.21. The molecule has 0 saturated heterocycles. The van der Waals surface area contributed by atoms with E-state index in [9.17, 15) is 0 Å². The zero-order chi connectivity index (χ0) is 15.9. The highest BCUT2D eigenvalue weighted by Gasteiger charge is 2.39. The van der Waals surface area contributed by atoms with Crippen LogP contribution in [-0.2, 0) is 5.41 Å². The van der Waals surface area contributed by atoms with Crippen LogP contribution in [0.25, 0.3) is 21.9 Å². The van der Waals surface area contributed by atoms with Crippen molar-refractivity contribution < 1.29 is 0 Å². The van der Waals surface area contributed by atoms with Gasteiger partial charge in [0, 0.05) is 28.8 Å². The first-order chi connectivity index (χ1) is 11.3. The Kier molecular flexibility index (Phi) is 3.16. The van der Waals surface area contributed by atoms with Gasteiger partial charge in [-0.3, -0.25) is 4.98 Å². The van der Waals surface area contributed by atoms with Crippen LogP contribution in [0, 0.1) is 0 Å². The van der Waals surface area contributed by atoms with Gasteiger partial charge in [-0.05, 0) is 34.9 Å². The minimum absolute atomic E-state index is 0.0893. The Morgan fingerprint density at radius 2 is 1.57 bits per heavy atom. The number of nitrogens with zero attached hydrogens (tertiary/aromatic N) is 1. The van der Waals surface area contributed by atoms with E-state index in [1.807, 2.05) is 24.5 Å². The Bertz CT molecular complexity index is 905. The van der Waals surface area contributed by atoms with Gasteiger partial charge in [0.15, 0.2) is 0 Å². The first-order valence-corrected chi connectivity index (χ1v) is 8.01. The predicted octanol–water partition coefficient (Wildman–Crippen LogP) is 5.65. The van der Waals surface area contributed by atoms with Gasteiger partial charge in [0.1, 0.15) is 0 Å². The molecule has 0 saturated carbocycles. The second-order valence-electron chi connectivity index (χ2n) is 6.20. The molecule has 0 N–H and O–H groups in total. The van der Waals surface area contributed by atoms with E-state index in [1.165, 1.54) is 33.0 Å². The number of aromatic nitrogens is 1. The van der Waals surface area contributed by atoms with E-state index in [1.54, 1.807) is 0 Å². The lowest BCUT2D eigenvalue weighted by Gasteiger charge is -2.39. The van der Waals surface area contributed by atoms with Gasteiger partial charge in [-0.25, -0.2) is 0 Å². The van der Waals surface area contributed by atoms with Crippen LogP contribution in [-0.4, -0.2) is 4.98 Å². The third-order valence-electron chi connectivity index (χ3n) is 5.02. The predicted molar refractivity (Wildman–Crippen MR) is 97.6 cm³/mol. The smallest absolute Gasteiger partial charge is 0.0353 e. The van der Waals surface area contributed by atoms with Crippen molar-refractivity contribution in [1.29, 1.82) is 0 Å². The van der Waals surface area contributed by atoms with E-state index < -0.39 is 0 Å². The van der Waals surface area contributed by atoms with Crippen LogP contribution in [0.1, 0.15) is 24.0 Å². The van der Waals surface area contributed by atoms with E-state index in [0.717, 1.165) is 12.8 Å². The van der Waals surface area contributed by atoms with Crippen molar-refractivity contribution >= 4 is 10.8 Å². The van der Waals surface area contributed by atoms with Crippen molar-refractivity contribution in [3.63, 3.8) is 0 Å². The minimum Gasteiger partial charge on any atom is -0.263 e. The molecule has 0 atom stereocenters. The standard InChI is InChI=1S/C22H19N/c1-3-12-22(13-4-2)19-10-6-5-9-17(19)18-15-23-14-16-8-7-11-20(22)21(16)18/h3-11,14-15H,1-2,12-13H2. The zero-order valence-corrected chi connectivity index (χ0v) is 13.1. The molecule has 3 aromatic rings. The summed E-state index contributed by atoms with van der Waals surface area (Å²) in [5.74, 6) is 0. The Hall–Kier alpha value is -2.67. The largest absolute Gasteiger partial charge is 0.263 e. The first-order valence-electron chi connectivity index (χ1n) is 8.01. The molecule has 0 fully saturated rings. The van der Waals surface area contributed by atoms with Crippen LogP contribution in [0.2, 0.25) is 0 Å². The summed E-state index contributed by atoms with van der Waals surface area (Å²) in [5, 5.41) is 2.52. The summed E-state index contributed by atoms with van der Waals surface area (Å²) in [5.41, 5.74) is 5.15. The third-order valence-corrected chi connectivity index (χ3v) is 5.02. The molecule has 0 amide bonds. The summed E-state index contributed by atoms with van der Waals surface area (Å²) in [4.78, 5) is 4.46. The number of fused-ring (bicyclic) bond motifs is 2. The number of hydrogen-bond donors (Lipinski definition) is 0. The number of hydrogen-bond acceptors (Lipinski definition) is 1. The molecule has 0 spiro atoms. The second-order valence-corrected chi connectivity index (χ2v) is 6.20. The maximum atomic E-state index is 4.46. The third kappa shape index (κ3) is 1.83. The molecule has 0 aliphatic heterocycles. The minimum atomic E-state index is -0.0893. The highest BCUT2D eigenvalue weighted by molar-refractivity contribution is 6.02. The quantitative estimate of drug-likeness (QED) is 0.567. The van der Waals surface area contributed by atoms with Crippen LogP contribution in [0.3, 0.4) is 0 Å². The van der Waals surface area contributed by atoms with E-state index >= 15 is 0 Å². The molecule has 4 rings (SSSR count). The van der Waals surface area contributed by atoms with Crippen LogP contribution in [0.5, 0.6) is 0 Å². The van der Waals surface area contributed by atoms with Crippen molar-refractivity contribution in [3.8, 4) is 11.1 Å². The summed E-state index contributed by atoms with van der Waals surface area (Å²) < 4.78 is 0. The molecule has 2 aromatic carbocycles. The van der Waals surface area contributed by atoms with E-state index in [4.69, 9.17) is 0 Å². The molecule has 112 valence electrons. The fourth-order valence-electron chi connectivity index (χ4n) is 4.13. The molecule has 1 nitrogen and oxygen atoms in total. The van der Waals surface area contributed by atoms with Gasteiger partial charge in [0.2, 0.25) is 0 Å². The second kappa shape index (κ2) is 5.20. The van der Waals surface area contributed by atoms with E-state index in [-0.39, 0.29) is 5.41 Å². The summed E-state index contributed by atoms with van der Waals surface area (Å²) in [6, 6.07) is 15.2. The molecule has 1 aliphatic carbocycles. The lowest BCUT2D eigenvalue weighted by Crippen LogP contribution is -2.30. The first kappa shape index (κ1) is 14.0. The lowest BCUT2D eigenvalue weighted by molar-refractivity contribution is 0.532. The lowest BCUT2D eigenvalue weighted by atomic mass is 9.63. The molecule has 1 heteroatoms. The van der Waals surface area contributed by atoms with E-state index in [2.05, 4.69) is 60.6 Å². The zero-order valence-electron chi connectivity index (χ0n) is 13.1. The number of allylic oxidation sites excluding steroid dienone is 2. The average Bonchev–Trinajstić information content (AvgIpc) is 2.60. The number of benzene rings is 2. The van der Waals surface area contributed by atoms with Crippen molar-refractivity contribution in [2.45, 2.75) is 18.3 Å². The molecule has 1 heterocycles. The maximum Gasteiger partial charge on any atom is 0.0353 e. The highest BCUT2D eigenvalue weighted by atomic mass is 14.6. The van der Waals surface area contributed by atoms with E-state index in [0.29, 0.717) is 0 Å². The van der Waals surface area contributed by atoms with Gasteiger partial charge in [-0.1, -0.05) is 54.6 Å². The summed E-state index contributed by atoms with van der Waals surface area (Å²) >= 11 is 0. The van der Waals surface area contributed by atoms with Crippen LogP contribution in [0.15, 0.2) is 80.2 Å². The molecular formula is C22H19N. The van der Waals surface area contributed by atoms with Crippen LogP contribution >= 0.6 is 0 Å².